The predicted molar refractivity (Wildman–Crippen MR) is 92.7 cm³/mol. The molecule has 0 spiro atoms. The number of rotatable bonds is 3. The highest BCUT2D eigenvalue weighted by atomic mass is 79.9. The Hall–Kier alpha value is -2.15. The molecule has 2 aromatic rings. The maximum atomic E-state index is 13.0. The van der Waals surface area contributed by atoms with Crippen LogP contribution in [0.5, 0.6) is 0 Å². The molecule has 1 aliphatic rings. The number of benzene rings is 2. The van der Waals surface area contributed by atoms with Crippen molar-refractivity contribution in [2.24, 2.45) is 5.41 Å². The van der Waals surface area contributed by atoms with E-state index in [0.29, 0.717) is 5.56 Å². The van der Waals surface area contributed by atoms with Gasteiger partial charge in [0, 0.05) is 10.4 Å². The predicted octanol–water partition coefficient (Wildman–Crippen LogP) is 3.73. The second-order valence-electron chi connectivity index (χ2n) is 5.90. The first-order valence-corrected chi connectivity index (χ1v) is 9.59. The smallest absolute Gasteiger partial charge is 0.184 e. The molecule has 0 aliphatic heterocycles. The molecular weight excluding hydrogens is 388 g/mol. The zero-order valence-corrected chi connectivity index (χ0v) is 15.2. The Morgan fingerprint density at radius 3 is 2.04 bits per heavy atom. The summed E-state index contributed by atoms with van der Waals surface area (Å²) < 4.78 is 26.8. The molecule has 24 heavy (non-hydrogen) atoms. The van der Waals surface area contributed by atoms with Crippen LogP contribution in [0.2, 0.25) is 0 Å². The fourth-order valence-corrected chi connectivity index (χ4v) is 5.52. The molecule has 3 rings (SSSR count). The van der Waals surface area contributed by atoms with Gasteiger partial charge in [0.15, 0.2) is 15.3 Å². The third-order valence-electron chi connectivity index (χ3n) is 4.42. The van der Waals surface area contributed by atoms with Crippen LogP contribution in [-0.2, 0) is 9.84 Å². The molecule has 1 fully saturated rings. The Balaban J connectivity index is 2.09. The quantitative estimate of drug-likeness (QED) is 0.785. The minimum Gasteiger partial charge on any atom is -0.223 e. The van der Waals surface area contributed by atoms with E-state index in [2.05, 4.69) is 15.9 Å². The molecule has 6 heteroatoms. The minimum atomic E-state index is -3.78. The van der Waals surface area contributed by atoms with Gasteiger partial charge in [-0.2, -0.15) is 10.5 Å². The molecule has 0 heterocycles. The van der Waals surface area contributed by atoms with Gasteiger partial charge in [0.05, 0.1) is 17.0 Å². The molecule has 4 nitrogen and oxygen atoms in total. The van der Waals surface area contributed by atoms with E-state index in [1.165, 1.54) is 12.1 Å². The van der Waals surface area contributed by atoms with E-state index in [-0.39, 0.29) is 4.90 Å². The van der Waals surface area contributed by atoms with Gasteiger partial charge in [-0.05, 0) is 36.8 Å². The van der Waals surface area contributed by atoms with Crippen molar-refractivity contribution in [2.75, 3.05) is 0 Å². The molecule has 2 aromatic carbocycles. The lowest BCUT2D eigenvalue weighted by atomic mass is 10.0. The summed E-state index contributed by atoms with van der Waals surface area (Å²) in [6, 6.07) is 17.5. The number of halogens is 1. The summed E-state index contributed by atoms with van der Waals surface area (Å²) in [6.07, 6.45) is 0. The SMILES string of the molecule is Cc1ccc(S(=O)(=O)[C@H]2[C@@H](c3ccc(Br)cc3)C2(C#N)C#N)cc1. The molecule has 1 saturated carbocycles. The van der Waals surface area contributed by atoms with Crippen molar-refractivity contribution in [3.8, 4) is 12.1 Å². The normalized spacial score (nSPS) is 21.5. The Morgan fingerprint density at radius 2 is 1.54 bits per heavy atom. The van der Waals surface area contributed by atoms with Crippen LogP contribution in [0.1, 0.15) is 17.0 Å². The molecule has 0 unspecified atom stereocenters. The highest BCUT2D eigenvalue weighted by Gasteiger charge is 2.73. The zero-order valence-electron chi connectivity index (χ0n) is 12.8. The standard InChI is InChI=1S/C18H13BrN2O2S/c1-12-2-8-15(9-3-12)24(22,23)17-16(18(17,10-20)11-21)13-4-6-14(19)7-5-13/h2-9,16-17H,1H3/t16-,17+/m1/s1. The third-order valence-corrected chi connectivity index (χ3v) is 7.19. The van der Waals surface area contributed by atoms with Gasteiger partial charge < -0.3 is 0 Å². The first kappa shape index (κ1) is 16.7. The van der Waals surface area contributed by atoms with Crippen LogP contribution >= 0.6 is 15.9 Å². The lowest BCUT2D eigenvalue weighted by Crippen LogP contribution is -2.14. The van der Waals surface area contributed by atoms with Gasteiger partial charge in [-0.25, -0.2) is 8.42 Å². The molecule has 2 atom stereocenters. The number of hydrogen-bond acceptors (Lipinski definition) is 4. The molecule has 0 amide bonds. The van der Waals surface area contributed by atoms with Crippen molar-refractivity contribution < 1.29 is 8.42 Å². The molecular formula is C18H13BrN2O2S. The summed E-state index contributed by atoms with van der Waals surface area (Å²) in [4.78, 5) is 0.146. The highest BCUT2D eigenvalue weighted by molar-refractivity contribution is 9.10. The minimum absolute atomic E-state index is 0.146. The topological polar surface area (TPSA) is 81.7 Å². The average molecular weight is 401 g/mol. The Morgan fingerprint density at radius 1 is 1.00 bits per heavy atom. The largest absolute Gasteiger partial charge is 0.223 e. The number of sulfone groups is 1. The Kier molecular flexibility index (Phi) is 3.99. The maximum absolute atomic E-state index is 13.0. The van der Waals surface area contributed by atoms with Crippen molar-refractivity contribution in [1.82, 2.24) is 0 Å². The van der Waals surface area contributed by atoms with E-state index < -0.39 is 26.4 Å². The van der Waals surface area contributed by atoms with E-state index in [1.807, 2.05) is 19.1 Å². The second kappa shape index (κ2) is 5.73. The van der Waals surface area contributed by atoms with Crippen LogP contribution in [0.25, 0.3) is 0 Å². The van der Waals surface area contributed by atoms with Gasteiger partial charge >= 0.3 is 0 Å². The monoisotopic (exact) mass is 400 g/mol. The van der Waals surface area contributed by atoms with E-state index in [4.69, 9.17) is 0 Å². The van der Waals surface area contributed by atoms with Crippen molar-refractivity contribution in [3.05, 3.63) is 64.1 Å². The summed E-state index contributed by atoms with van der Waals surface area (Å²) in [5, 5.41) is 18.0. The first-order chi connectivity index (χ1) is 11.4. The third kappa shape index (κ3) is 2.43. The zero-order chi connectivity index (χ0) is 17.5. The van der Waals surface area contributed by atoms with Crippen LogP contribution < -0.4 is 0 Å². The fraction of sp³-hybridized carbons (Fsp3) is 0.222. The van der Waals surface area contributed by atoms with E-state index in [0.717, 1.165) is 10.0 Å². The van der Waals surface area contributed by atoms with E-state index >= 15 is 0 Å². The summed E-state index contributed by atoms with van der Waals surface area (Å²) in [6.45, 7) is 1.87. The van der Waals surface area contributed by atoms with Crippen LogP contribution in [0.4, 0.5) is 0 Å². The van der Waals surface area contributed by atoms with Gasteiger partial charge in [0.2, 0.25) is 0 Å². The van der Waals surface area contributed by atoms with Crippen molar-refractivity contribution in [1.29, 1.82) is 10.5 Å². The molecule has 0 saturated heterocycles. The van der Waals surface area contributed by atoms with Crippen LogP contribution in [0.3, 0.4) is 0 Å². The number of aryl methyl sites for hydroxylation is 1. The van der Waals surface area contributed by atoms with Gasteiger partial charge in [-0.3, -0.25) is 0 Å². The lowest BCUT2D eigenvalue weighted by molar-refractivity contribution is 0.591. The summed E-state index contributed by atoms with van der Waals surface area (Å²) in [5.41, 5.74) is 0.0837. The van der Waals surface area contributed by atoms with Crippen molar-refractivity contribution in [2.45, 2.75) is 23.0 Å². The Labute approximate surface area is 149 Å². The molecule has 0 radical (unpaired) electrons. The molecule has 1 aliphatic carbocycles. The second-order valence-corrected chi connectivity index (χ2v) is 8.89. The van der Waals surface area contributed by atoms with Crippen molar-refractivity contribution in [3.63, 3.8) is 0 Å². The molecule has 0 aromatic heterocycles. The molecule has 0 bridgehead atoms. The highest BCUT2D eigenvalue weighted by Crippen LogP contribution is 2.63. The molecule has 120 valence electrons. The summed E-state index contributed by atoms with van der Waals surface area (Å²) >= 11 is 3.33. The van der Waals surface area contributed by atoms with Gasteiger partial charge in [0.25, 0.3) is 0 Å². The van der Waals surface area contributed by atoms with E-state index in [9.17, 15) is 18.9 Å². The number of nitrogens with zero attached hydrogens (tertiary/aromatic N) is 2. The van der Waals surface area contributed by atoms with Gasteiger partial charge in [-0.1, -0.05) is 45.8 Å². The number of nitriles is 2. The molecule has 0 N–H and O–H groups in total. The maximum Gasteiger partial charge on any atom is 0.184 e. The van der Waals surface area contributed by atoms with Crippen LogP contribution in [-0.4, -0.2) is 13.7 Å². The van der Waals surface area contributed by atoms with Crippen molar-refractivity contribution >= 4 is 25.8 Å². The fourth-order valence-electron chi connectivity index (χ4n) is 3.05. The van der Waals surface area contributed by atoms with Gasteiger partial charge in [0.1, 0.15) is 5.25 Å². The summed E-state index contributed by atoms with van der Waals surface area (Å²) in [5.74, 6) is -0.646. The van der Waals surface area contributed by atoms with Crippen LogP contribution in [0, 0.1) is 35.0 Å². The average Bonchev–Trinajstić information content (AvgIpc) is 3.26. The van der Waals surface area contributed by atoms with Crippen LogP contribution in [0.15, 0.2) is 57.9 Å². The summed E-state index contributed by atoms with van der Waals surface area (Å²) in [7, 11) is -3.78. The van der Waals surface area contributed by atoms with Gasteiger partial charge in [-0.15, -0.1) is 0 Å². The Bertz CT molecular complexity index is 954. The first-order valence-electron chi connectivity index (χ1n) is 7.25. The number of hydrogen-bond donors (Lipinski definition) is 0. The van der Waals surface area contributed by atoms with E-state index in [1.54, 1.807) is 36.4 Å². The lowest BCUT2D eigenvalue weighted by Gasteiger charge is -2.04.